The van der Waals surface area contributed by atoms with Crippen LogP contribution in [0.3, 0.4) is 0 Å². The number of aromatic nitrogens is 3. The summed E-state index contributed by atoms with van der Waals surface area (Å²) < 4.78 is 39.7. The van der Waals surface area contributed by atoms with E-state index < -0.39 is 22.4 Å². The van der Waals surface area contributed by atoms with Gasteiger partial charge in [-0.2, -0.15) is 18.3 Å². The third kappa shape index (κ3) is 3.79. The number of nitro groups is 1. The molecule has 0 atom stereocenters. The Hall–Kier alpha value is -3.43. The third-order valence-electron chi connectivity index (χ3n) is 3.55. The molecule has 0 radical (unpaired) electrons. The number of rotatable bonds is 5. The number of nitrogens with one attached hydrogen (secondary N) is 1. The zero-order chi connectivity index (χ0) is 18.7. The van der Waals surface area contributed by atoms with Crippen LogP contribution < -0.4 is 5.32 Å². The Balaban J connectivity index is 1.76. The van der Waals surface area contributed by atoms with E-state index in [-0.39, 0.29) is 12.2 Å². The second-order valence-corrected chi connectivity index (χ2v) is 5.32. The van der Waals surface area contributed by atoms with Crippen molar-refractivity contribution in [3.05, 3.63) is 76.2 Å². The molecule has 0 saturated heterocycles. The number of nitro benzene ring substituents is 1. The topological polar surface area (TPSA) is 85.9 Å². The summed E-state index contributed by atoms with van der Waals surface area (Å²) in [4.78, 5) is 14.4. The number of nitrogens with zero attached hydrogens (tertiary/aromatic N) is 4. The summed E-state index contributed by atoms with van der Waals surface area (Å²) in [5, 5.41) is 17.9. The molecule has 0 bridgehead atoms. The van der Waals surface area contributed by atoms with Gasteiger partial charge in [-0.1, -0.05) is 6.07 Å². The van der Waals surface area contributed by atoms with Crippen molar-refractivity contribution < 1.29 is 18.1 Å². The summed E-state index contributed by atoms with van der Waals surface area (Å²) in [7, 11) is 0. The Bertz CT molecular complexity index is 909. The Morgan fingerprint density at radius 2 is 2.04 bits per heavy atom. The van der Waals surface area contributed by atoms with Crippen LogP contribution in [-0.4, -0.2) is 19.7 Å². The summed E-state index contributed by atoms with van der Waals surface area (Å²) in [5.74, 6) is 0.597. The lowest BCUT2D eigenvalue weighted by molar-refractivity contribution is -0.384. The smallest absolute Gasteiger partial charge is 0.375 e. The Kier molecular flexibility index (Phi) is 4.57. The molecule has 3 aromatic rings. The predicted molar refractivity (Wildman–Crippen MR) is 86.8 cm³/mol. The fourth-order valence-corrected chi connectivity index (χ4v) is 2.27. The molecule has 1 N–H and O–H groups in total. The minimum atomic E-state index is -4.64. The molecule has 0 aliphatic rings. The SMILES string of the molecule is O=[N+]([O-])c1cc(C(F)(F)F)ccc1NCc1ccc(-n2cccn2)nc1. The first-order chi connectivity index (χ1) is 12.3. The zero-order valence-electron chi connectivity index (χ0n) is 13.1. The predicted octanol–water partition coefficient (Wildman–Crippen LogP) is 3.81. The van der Waals surface area contributed by atoms with Crippen LogP contribution >= 0.6 is 0 Å². The highest BCUT2D eigenvalue weighted by Crippen LogP contribution is 2.35. The van der Waals surface area contributed by atoms with Crippen molar-refractivity contribution in [1.82, 2.24) is 14.8 Å². The molecule has 3 rings (SSSR count). The lowest BCUT2D eigenvalue weighted by atomic mass is 10.1. The summed E-state index contributed by atoms with van der Waals surface area (Å²) >= 11 is 0. The third-order valence-corrected chi connectivity index (χ3v) is 3.55. The van der Waals surface area contributed by atoms with Gasteiger partial charge >= 0.3 is 6.18 Å². The van der Waals surface area contributed by atoms with Gasteiger partial charge in [-0.15, -0.1) is 0 Å². The van der Waals surface area contributed by atoms with Gasteiger partial charge in [0.1, 0.15) is 5.69 Å². The maximum absolute atomic E-state index is 12.7. The van der Waals surface area contributed by atoms with Crippen molar-refractivity contribution in [3.63, 3.8) is 0 Å². The molecule has 0 unspecified atom stereocenters. The lowest BCUT2D eigenvalue weighted by Crippen LogP contribution is -2.08. The molecule has 2 aromatic heterocycles. The summed E-state index contributed by atoms with van der Waals surface area (Å²) in [6, 6.07) is 7.57. The normalized spacial score (nSPS) is 11.3. The van der Waals surface area contributed by atoms with Crippen molar-refractivity contribution in [2.24, 2.45) is 0 Å². The number of benzene rings is 1. The van der Waals surface area contributed by atoms with Crippen LogP contribution in [0.1, 0.15) is 11.1 Å². The molecular weight excluding hydrogens is 351 g/mol. The van der Waals surface area contributed by atoms with E-state index in [0.29, 0.717) is 17.4 Å². The largest absolute Gasteiger partial charge is 0.416 e. The van der Waals surface area contributed by atoms with Crippen LogP contribution in [0.2, 0.25) is 0 Å². The highest BCUT2D eigenvalue weighted by molar-refractivity contribution is 5.63. The molecule has 10 heteroatoms. The number of pyridine rings is 1. The van der Waals surface area contributed by atoms with Crippen LogP contribution in [-0.2, 0) is 12.7 Å². The van der Waals surface area contributed by atoms with Gasteiger partial charge in [0.15, 0.2) is 5.82 Å². The molecule has 0 aliphatic carbocycles. The van der Waals surface area contributed by atoms with E-state index in [1.165, 1.54) is 0 Å². The number of hydrogen-bond acceptors (Lipinski definition) is 5. The van der Waals surface area contributed by atoms with E-state index in [4.69, 9.17) is 0 Å². The van der Waals surface area contributed by atoms with Crippen LogP contribution in [0.15, 0.2) is 55.0 Å². The maximum Gasteiger partial charge on any atom is 0.416 e. The van der Waals surface area contributed by atoms with Gasteiger partial charge in [0.05, 0.1) is 10.5 Å². The van der Waals surface area contributed by atoms with Crippen molar-refractivity contribution in [2.45, 2.75) is 12.7 Å². The molecule has 0 aliphatic heterocycles. The van der Waals surface area contributed by atoms with Gasteiger partial charge in [-0.3, -0.25) is 10.1 Å². The summed E-state index contributed by atoms with van der Waals surface area (Å²) in [6.45, 7) is 0.165. The molecule has 134 valence electrons. The Morgan fingerprint density at radius 3 is 2.62 bits per heavy atom. The molecular formula is C16H12F3N5O2. The zero-order valence-corrected chi connectivity index (χ0v) is 13.1. The van der Waals surface area contributed by atoms with Crippen LogP contribution in [0, 0.1) is 10.1 Å². The summed E-state index contributed by atoms with van der Waals surface area (Å²) in [6.07, 6.45) is 0.252. The van der Waals surface area contributed by atoms with Crippen molar-refractivity contribution >= 4 is 11.4 Å². The molecule has 0 saturated carbocycles. The van der Waals surface area contributed by atoms with E-state index in [2.05, 4.69) is 15.4 Å². The monoisotopic (exact) mass is 363 g/mol. The Morgan fingerprint density at radius 1 is 1.23 bits per heavy atom. The second-order valence-electron chi connectivity index (χ2n) is 5.32. The van der Waals surface area contributed by atoms with Gasteiger partial charge in [0.25, 0.3) is 5.69 Å². The molecule has 0 amide bonds. The van der Waals surface area contributed by atoms with Gasteiger partial charge < -0.3 is 5.32 Å². The highest BCUT2D eigenvalue weighted by Gasteiger charge is 2.33. The molecule has 0 spiro atoms. The van der Waals surface area contributed by atoms with E-state index in [9.17, 15) is 23.3 Å². The van der Waals surface area contributed by atoms with Crippen molar-refractivity contribution in [2.75, 3.05) is 5.32 Å². The molecule has 26 heavy (non-hydrogen) atoms. The first-order valence-corrected chi connectivity index (χ1v) is 7.39. The van der Waals surface area contributed by atoms with Crippen molar-refractivity contribution in [1.29, 1.82) is 0 Å². The first kappa shape index (κ1) is 17.4. The average Bonchev–Trinajstić information content (AvgIpc) is 3.14. The van der Waals surface area contributed by atoms with Gasteiger partial charge in [0, 0.05) is 31.2 Å². The average molecular weight is 363 g/mol. The summed E-state index contributed by atoms with van der Waals surface area (Å²) in [5.41, 5.74) is -1.00. The standard InChI is InChI=1S/C16H12F3N5O2/c17-16(18,19)12-3-4-13(14(8-12)24(25)26)20-9-11-2-5-15(21-10-11)23-7-1-6-22-23/h1-8,10,20H,9H2. The van der Waals surface area contributed by atoms with Crippen LogP contribution in [0.4, 0.5) is 24.5 Å². The molecule has 1 aromatic carbocycles. The van der Waals surface area contributed by atoms with Gasteiger partial charge in [-0.25, -0.2) is 9.67 Å². The van der Waals surface area contributed by atoms with E-state index in [1.807, 2.05) is 0 Å². The van der Waals surface area contributed by atoms with Crippen LogP contribution in [0.5, 0.6) is 0 Å². The van der Waals surface area contributed by atoms with Gasteiger partial charge in [0.2, 0.25) is 0 Å². The minimum Gasteiger partial charge on any atom is -0.375 e. The fraction of sp³-hybridized carbons (Fsp3) is 0.125. The maximum atomic E-state index is 12.7. The molecule has 7 nitrogen and oxygen atoms in total. The van der Waals surface area contributed by atoms with E-state index >= 15 is 0 Å². The van der Waals surface area contributed by atoms with Gasteiger partial charge in [-0.05, 0) is 29.8 Å². The minimum absolute atomic E-state index is 0.000784. The number of halogens is 3. The number of anilines is 1. The first-order valence-electron chi connectivity index (χ1n) is 7.39. The lowest BCUT2D eigenvalue weighted by Gasteiger charge is -2.11. The van der Waals surface area contributed by atoms with Crippen molar-refractivity contribution in [3.8, 4) is 5.82 Å². The highest BCUT2D eigenvalue weighted by atomic mass is 19.4. The quantitative estimate of drug-likeness (QED) is 0.550. The molecule has 2 heterocycles. The fourth-order valence-electron chi connectivity index (χ4n) is 2.27. The van der Waals surface area contributed by atoms with E-state index in [0.717, 1.165) is 12.1 Å². The second kappa shape index (κ2) is 6.82. The Labute approximate surface area is 145 Å². The van der Waals surface area contributed by atoms with Crippen LogP contribution in [0.25, 0.3) is 5.82 Å². The van der Waals surface area contributed by atoms with E-state index in [1.54, 1.807) is 41.5 Å². The number of hydrogen-bond donors (Lipinski definition) is 1. The molecule has 0 fully saturated rings. The number of alkyl halides is 3.